The molecule has 0 bridgehead atoms. The van der Waals surface area contributed by atoms with E-state index in [-0.39, 0.29) is 77.4 Å². The number of carbonyl (C=O) groups excluding carboxylic acids is 8. The Hall–Kier alpha value is -4.36. The highest BCUT2D eigenvalue weighted by atomic mass is 16.7. The smallest absolute Gasteiger partial charge is 0.333 e. The maximum Gasteiger partial charge on any atom is 0.333 e. The second-order valence-corrected chi connectivity index (χ2v) is 8.83. The first-order valence-corrected chi connectivity index (χ1v) is 12.2. The van der Waals surface area contributed by atoms with Gasteiger partial charge in [0, 0.05) is 50.7 Å². The second kappa shape index (κ2) is 14.5. The predicted octanol–water partition coefficient (Wildman–Crippen LogP) is 0.986. The third-order valence-electron chi connectivity index (χ3n) is 6.20. The maximum atomic E-state index is 12.5. The van der Waals surface area contributed by atoms with E-state index in [4.69, 9.17) is 19.1 Å². The third-order valence-corrected chi connectivity index (χ3v) is 6.20. The van der Waals surface area contributed by atoms with Crippen LogP contribution < -0.4 is 0 Å². The lowest BCUT2D eigenvalue weighted by molar-refractivity contribution is -0.198. The molecule has 0 saturated carbocycles. The van der Waals surface area contributed by atoms with E-state index in [1.165, 1.54) is 0 Å². The highest BCUT2D eigenvalue weighted by Gasteiger charge is 2.37. The van der Waals surface area contributed by atoms with E-state index in [1.54, 1.807) is 0 Å². The van der Waals surface area contributed by atoms with Crippen LogP contribution in [0.2, 0.25) is 0 Å². The fourth-order valence-electron chi connectivity index (χ4n) is 3.95. The number of hydrogen-bond donors (Lipinski definition) is 0. The Morgan fingerprint density at radius 1 is 0.641 bits per heavy atom. The summed E-state index contributed by atoms with van der Waals surface area (Å²) in [5.41, 5.74) is -1.00. The molecule has 0 spiro atoms. The van der Waals surface area contributed by atoms with Crippen molar-refractivity contribution in [3.63, 3.8) is 0 Å². The molecule has 0 aromatic rings. The summed E-state index contributed by atoms with van der Waals surface area (Å²) < 4.78 is 10.1. The monoisotopic (exact) mass is 550 g/mol. The quantitative estimate of drug-likeness (QED) is 0.151. The first-order chi connectivity index (χ1) is 18.5. The summed E-state index contributed by atoms with van der Waals surface area (Å²) in [6.07, 6.45) is 1.11. The first kappa shape index (κ1) is 30.9. The zero-order chi connectivity index (χ0) is 29.0. The van der Waals surface area contributed by atoms with Gasteiger partial charge in [-0.15, -0.1) is 10.1 Å². The topological polar surface area (TPSA) is 180 Å². The molecule has 0 aliphatic carbocycles. The van der Waals surface area contributed by atoms with E-state index in [9.17, 15) is 38.4 Å². The second-order valence-electron chi connectivity index (χ2n) is 8.83. The Kier molecular flexibility index (Phi) is 11.5. The number of hydrogen-bond acceptors (Lipinski definition) is 12. The minimum Gasteiger partial charge on any atom is -0.463 e. The van der Waals surface area contributed by atoms with Gasteiger partial charge in [0.1, 0.15) is 0 Å². The summed E-state index contributed by atoms with van der Waals surface area (Å²) in [7, 11) is 0. The van der Waals surface area contributed by atoms with E-state index in [0.29, 0.717) is 10.1 Å². The molecule has 2 heterocycles. The van der Waals surface area contributed by atoms with E-state index in [2.05, 4.69) is 13.2 Å². The van der Waals surface area contributed by atoms with Crippen molar-refractivity contribution in [1.29, 1.82) is 0 Å². The number of nitrogens with zero attached hydrogens (tertiary/aromatic N) is 2. The fourth-order valence-corrected chi connectivity index (χ4v) is 3.95. The van der Waals surface area contributed by atoms with Crippen LogP contribution in [0.4, 0.5) is 0 Å². The standard InChI is InChI=1S/C25H30N2O12/c1-3-21(32)36-15-13-25(14-16-37-22(33)4-2,11-9-23(34)38-26-17(28)5-6-18(26)29)12-10-24(35)39-27-19(30)7-8-20(27)31/h3-4H,1-2,5-16H2. The Morgan fingerprint density at radius 3 is 1.28 bits per heavy atom. The first-order valence-electron chi connectivity index (χ1n) is 12.2. The molecule has 2 rings (SSSR count). The number of amides is 4. The van der Waals surface area contributed by atoms with Crippen molar-refractivity contribution in [2.24, 2.45) is 5.41 Å². The molecule has 0 unspecified atom stereocenters. The van der Waals surface area contributed by atoms with Crippen LogP contribution in [0.1, 0.15) is 64.2 Å². The Balaban J connectivity index is 2.15. The Morgan fingerprint density at radius 2 is 0.974 bits per heavy atom. The average Bonchev–Trinajstić information content (AvgIpc) is 3.40. The van der Waals surface area contributed by atoms with Gasteiger partial charge in [0.15, 0.2) is 0 Å². The summed E-state index contributed by atoms with van der Waals surface area (Å²) in [5, 5.41) is 0.812. The number of rotatable bonds is 16. The molecule has 0 atom stereocenters. The van der Waals surface area contributed by atoms with Crippen molar-refractivity contribution in [3.8, 4) is 0 Å². The van der Waals surface area contributed by atoms with Crippen LogP contribution in [-0.4, -0.2) is 70.8 Å². The predicted molar refractivity (Wildman–Crippen MR) is 127 cm³/mol. The van der Waals surface area contributed by atoms with Crippen LogP contribution in [0.15, 0.2) is 25.3 Å². The van der Waals surface area contributed by atoms with Crippen LogP contribution in [0.3, 0.4) is 0 Å². The number of ether oxygens (including phenoxy) is 2. The van der Waals surface area contributed by atoms with Crippen molar-refractivity contribution < 1.29 is 57.5 Å². The van der Waals surface area contributed by atoms with Gasteiger partial charge in [-0.3, -0.25) is 19.2 Å². The number of esters is 2. The van der Waals surface area contributed by atoms with Crippen molar-refractivity contribution in [2.45, 2.75) is 64.2 Å². The van der Waals surface area contributed by atoms with Crippen molar-refractivity contribution in [1.82, 2.24) is 10.1 Å². The minimum absolute atomic E-state index is 0.00576. The highest BCUT2D eigenvalue weighted by Crippen LogP contribution is 2.38. The van der Waals surface area contributed by atoms with Gasteiger partial charge in [-0.25, -0.2) is 19.2 Å². The van der Waals surface area contributed by atoms with Crippen LogP contribution in [-0.2, 0) is 57.5 Å². The number of carbonyl (C=O) groups is 8. The molecular weight excluding hydrogens is 520 g/mol. The molecule has 0 radical (unpaired) electrons. The minimum atomic E-state index is -1.00. The Labute approximate surface area is 223 Å². The molecule has 2 aliphatic heterocycles. The zero-order valence-electron chi connectivity index (χ0n) is 21.3. The molecular formula is C25H30N2O12. The molecule has 14 heteroatoms. The summed E-state index contributed by atoms with van der Waals surface area (Å²) >= 11 is 0. The fraction of sp³-hybridized carbons (Fsp3) is 0.520. The van der Waals surface area contributed by atoms with Crippen molar-refractivity contribution >= 4 is 47.5 Å². The van der Waals surface area contributed by atoms with Gasteiger partial charge in [0.05, 0.1) is 13.2 Å². The van der Waals surface area contributed by atoms with Gasteiger partial charge in [0.2, 0.25) is 0 Å². The molecule has 0 N–H and O–H groups in total. The molecule has 14 nitrogen and oxygen atoms in total. The van der Waals surface area contributed by atoms with E-state index in [0.717, 1.165) is 12.2 Å². The maximum absolute atomic E-state index is 12.5. The summed E-state index contributed by atoms with van der Waals surface area (Å²) in [6.45, 7) is 6.31. The number of imide groups is 2. The number of hydroxylamine groups is 4. The highest BCUT2D eigenvalue weighted by molar-refractivity contribution is 6.02. The lowest BCUT2D eigenvalue weighted by Gasteiger charge is -2.33. The third kappa shape index (κ3) is 9.47. The van der Waals surface area contributed by atoms with E-state index in [1.807, 2.05) is 0 Å². The molecule has 39 heavy (non-hydrogen) atoms. The molecule has 2 saturated heterocycles. The Bertz CT molecular complexity index is 936. The van der Waals surface area contributed by atoms with Gasteiger partial charge in [-0.2, -0.15) is 0 Å². The molecule has 4 amide bonds. The van der Waals surface area contributed by atoms with E-state index < -0.39 is 52.9 Å². The molecule has 0 aromatic carbocycles. The lowest BCUT2D eigenvalue weighted by atomic mass is 9.74. The normalized spacial score (nSPS) is 15.3. The lowest BCUT2D eigenvalue weighted by Crippen LogP contribution is -2.34. The molecule has 0 aromatic heterocycles. The van der Waals surface area contributed by atoms with Gasteiger partial charge in [-0.1, -0.05) is 13.2 Å². The van der Waals surface area contributed by atoms with Crippen LogP contribution in [0, 0.1) is 5.41 Å². The SMILES string of the molecule is C=CC(=O)OCCC(CCOC(=O)C=C)(CCC(=O)ON1C(=O)CCC1=O)CCC(=O)ON1C(=O)CCC1=O. The van der Waals surface area contributed by atoms with Gasteiger partial charge in [-0.05, 0) is 31.1 Å². The molecule has 2 fully saturated rings. The summed E-state index contributed by atoms with van der Waals surface area (Å²) in [6, 6.07) is 0. The summed E-state index contributed by atoms with van der Waals surface area (Å²) in [4.78, 5) is 105. The molecule has 2 aliphatic rings. The largest absolute Gasteiger partial charge is 0.463 e. The van der Waals surface area contributed by atoms with E-state index >= 15 is 0 Å². The van der Waals surface area contributed by atoms with Gasteiger partial charge < -0.3 is 19.1 Å². The van der Waals surface area contributed by atoms with Crippen molar-refractivity contribution in [2.75, 3.05) is 13.2 Å². The average molecular weight is 551 g/mol. The van der Waals surface area contributed by atoms with Crippen molar-refractivity contribution in [3.05, 3.63) is 25.3 Å². The van der Waals surface area contributed by atoms with Crippen LogP contribution in [0.25, 0.3) is 0 Å². The van der Waals surface area contributed by atoms with Crippen LogP contribution >= 0.6 is 0 Å². The van der Waals surface area contributed by atoms with Gasteiger partial charge >= 0.3 is 23.9 Å². The molecule has 212 valence electrons. The van der Waals surface area contributed by atoms with Gasteiger partial charge in [0.25, 0.3) is 23.6 Å². The zero-order valence-corrected chi connectivity index (χ0v) is 21.3. The summed E-state index contributed by atoms with van der Waals surface area (Å²) in [5.74, 6) is -5.82. The van der Waals surface area contributed by atoms with Crippen LogP contribution in [0.5, 0.6) is 0 Å².